The summed E-state index contributed by atoms with van der Waals surface area (Å²) in [6, 6.07) is 20.3. The van der Waals surface area contributed by atoms with Gasteiger partial charge in [0, 0.05) is 30.1 Å². The summed E-state index contributed by atoms with van der Waals surface area (Å²) in [4.78, 5) is 28.5. The van der Waals surface area contributed by atoms with Gasteiger partial charge in [-0.05, 0) is 46.9 Å². The van der Waals surface area contributed by atoms with Crippen LogP contribution in [-0.4, -0.2) is 51.0 Å². The van der Waals surface area contributed by atoms with Crippen molar-refractivity contribution in [2.24, 2.45) is 0 Å². The van der Waals surface area contributed by atoms with Crippen LogP contribution in [0.2, 0.25) is 10.0 Å². The molecule has 3 aromatic carbocycles. The van der Waals surface area contributed by atoms with E-state index < -0.39 is 28.5 Å². The van der Waals surface area contributed by atoms with Gasteiger partial charge in [0.1, 0.15) is 12.6 Å². The molecule has 0 aliphatic rings. The lowest BCUT2D eigenvalue weighted by Crippen LogP contribution is -2.52. The second kappa shape index (κ2) is 13.3. The van der Waals surface area contributed by atoms with E-state index in [0.29, 0.717) is 21.3 Å². The number of hydrogen-bond donors (Lipinski definition) is 1. The first kappa shape index (κ1) is 30.5. The van der Waals surface area contributed by atoms with Crippen molar-refractivity contribution >= 4 is 50.7 Å². The number of halogens is 2. The van der Waals surface area contributed by atoms with Crippen LogP contribution >= 0.6 is 23.2 Å². The SMILES string of the molecule is CNC(=O)C(Cc1ccccc1)N(Cc1ccc(Cl)cc1Cl)C(=O)CN(c1ccc(C(C)C)cc1)S(C)(=O)=O. The van der Waals surface area contributed by atoms with Crippen LogP contribution in [-0.2, 0) is 32.6 Å². The average molecular weight is 591 g/mol. The predicted octanol–water partition coefficient (Wildman–Crippen LogP) is 5.27. The van der Waals surface area contributed by atoms with E-state index in [1.807, 2.05) is 56.3 Å². The van der Waals surface area contributed by atoms with Gasteiger partial charge in [0.15, 0.2) is 0 Å². The number of carbonyl (C=O) groups excluding carboxylic acids is 2. The Hall–Kier alpha value is -3.07. The smallest absolute Gasteiger partial charge is 0.244 e. The van der Waals surface area contributed by atoms with Gasteiger partial charge in [-0.15, -0.1) is 0 Å². The first-order valence-electron chi connectivity index (χ1n) is 12.5. The second-order valence-electron chi connectivity index (χ2n) is 9.59. The molecule has 0 heterocycles. The minimum Gasteiger partial charge on any atom is -0.357 e. The van der Waals surface area contributed by atoms with E-state index in [-0.39, 0.29) is 24.8 Å². The zero-order chi connectivity index (χ0) is 28.7. The molecule has 0 aromatic heterocycles. The predicted molar refractivity (Wildman–Crippen MR) is 158 cm³/mol. The third-order valence-electron chi connectivity index (χ3n) is 6.40. The van der Waals surface area contributed by atoms with Gasteiger partial charge in [-0.3, -0.25) is 13.9 Å². The third kappa shape index (κ3) is 8.21. The topological polar surface area (TPSA) is 86.8 Å². The maximum absolute atomic E-state index is 14.0. The van der Waals surface area contributed by atoms with Crippen molar-refractivity contribution in [1.82, 2.24) is 10.2 Å². The molecule has 2 amide bonds. The largest absolute Gasteiger partial charge is 0.357 e. The summed E-state index contributed by atoms with van der Waals surface area (Å²) in [5, 5.41) is 3.41. The first-order valence-corrected chi connectivity index (χ1v) is 15.1. The van der Waals surface area contributed by atoms with E-state index in [1.54, 1.807) is 30.3 Å². The molecule has 1 N–H and O–H groups in total. The Morgan fingerprint density at radius 2 is 1.59 bits per heavy atom. The Labute approximate surface area is 240 Å². The minimum atomic E-state index is -3.83. The lowest BCUT2D eigenvalue weighted by atomic mass is 10.0. The van der Waals surface area contributed by atoms with Crippen LogP contribution < -0.4 is 9.62 Å². The van der Waals surface area contributed by atoms with Crippen LogP contribution in [0.4, 0.5) is 5.69 Å². The van der Waals surface area contributed by atoms with Gasteiger partial charge < -0.3 is 10.2 Å². The van der Waals surface area contributed by atoms with Gasteiger partial charge in [-0.25, -0.2) is 8.42 Å². The van der Waals surface area contributed by atoms with Crippen molar-refractivity contribution in [3.05, 3.63) is 99.5 Å². The molecule has 3 rings (SSSR count). The molecule has 0 saturated heterocycles. The van der Waals surface area contributed by atoms with Crippen LogP contribution in [0.25, 0.3) is 0 Å². The normalized spacial score (nSPS) is 12.2. The number of anilines is 1. The van der Waals surface area contributed by atoms with Crippen molar-refractivity contribution in [2.45, 2.75) is 38.8 Å². The molecule has 1 unspecified atom stereocenters. The van der Waals surface area contributed by atoms with Crippen molar-refractivity contribution in [3.63, 3.8) is 0 Å². The molecule has 0 aliphatic carbocycles. The summed E-state index contributed by atoms with van der Waals surface area (Å²) in [7, 11) is -2.34. The zero-order valence-electron chi connectivity index (χ0n) is 22.4. The van der Waals surface area contributed by atoms with E-state index in [9.17, 15) is 18.0 Å². The van der Waals surface area contributed by atoms with Gasteiger partial charge in [0.2, 0.25) is 21.8 Å². The Balaban J connectivity index is 2.04. The van der Waals surface area contributed by atoms with Crippen molar-refractivity contribution < 1.29 is 18.0 Å². The molecule has 3 aromatic rings. The molecule has 7 nitrogen and oxygen atoms in total. The molecule has 0 bridgehead atoms. The van der Waals surface area contributed by atoms with Crippen LogP contribution in [0.3, 0.4) is 0 Å². The molecule has 0 radical (unpaired) electrons. The number of likely N-dealkylation sites (N-methyl/N-ethyl adjacent to an activating group) is 1. The van der Waals surface area contributed by atoms with E-state index >= 15 is 0 Å². The number of rotatable bonds is 11. The Morgan fingerprint density at radius 3 is 2.13 bits per heavy atom. The van der Waals surface area contributed by atoms with Crippen molar-refractivity contribution in [3.8, 4) is 0 Å². The molecule has 0 saturated carbocycles. The summed E-state index contributed by atoms with van der Waals surface area (Å²) in [6.45, 7) is 3.56. The van der Waals surface area contributed by atoms with Gasteiger partial charge in [0.05, 0.1) is 11.9 Å². The molecule has 0 spiro atoms. The highest BCUT2D eigenvalue weighted by Gasteiger charge is 2.33. The number of nitrogens with zero attached hydrogens (tertiary/aromatic N) is 2. The van der Waals surface area contributed by atoms with E-state index in [4.69, 9.17) is 23.2 Å². The van der Waals surface area contributed by atoms with E-state index in [2.05, 4.69) is 5.32 Å². The van der Waals surface area contributed by atoms with E-state index in [0.717, 1.165) is 21.7 Å². The molecular formula is C29H33Cl2N3O4S. The highest BCUT2D eigenvalue weighted by Crippen LogP contribution is 2.26. The highest BCUT2D eigenvalue weighted by atomic mass is 35.5. The maximum atomic E-state index is 14.0. The van der Waals surface area contributed by atoms with Crippen molar-refractivity contribution in [2.75, 3.05) is 24.2 Å². The van der Waals surface area contributed by atoms with Crippen LogP contribution in [0.5, 0.6) is 0 Å². The van der Waals surface area contributed by atoms with Gasteiger partial charge in [-0.1, -0.05) is 85.6 Å². The van der Waals surface area contributed by atoms with Gasteiger partial charge in [0.25, 0.3) is 0 Å². The molecule has 39 heavy (non-hydrogen) atoms. The third-order valence-corrected chi connectivity index (χ3v) is 8.13. The zero-order valence-corrected chi connectivity index (χ0v) is 24.7. The summed E-state index contributed by atoms with van der Waals surface area (Å²) in [6.07, 6.45) is 1.27. The lowest BCUT2D eigenvalue weighted by Gasteiger charge is -2.33. The summed E-state index contributed by atoms with van der Waals surface area (Å²) in [5.74, 6) is -0.674. The molecule has 0 fully saturated rings. The maximum Gasteiger partial charge on any atom is 0.244 e. The average Bonchev–Trinajstić information content (AvgIpc) is 2.89. The highest BCUT2D eigenvalue weighted by molar-refractivity contribution is 7.92. The fourth-order valence-electron chi connectivity index (χ4n) is 4.19. The fourth-order valence-corrected chi connectivity index (χ4v) is 5.51. The quantitative estimate of drug-likeness (QED) is 0.330. The van der Waals surface area contributed by atoms with Crippen LogP contribution in [0, 0.1) is 0 Å². The fraction of sp³-hybridized carbons (Fsp3) is 0.310. The van der Waals surface area contributed by atoms with Crippen LogP contribution in [0.15, 0.2) is 72.8 Å². The second-order valence-corrected chi connectivity index (χ2v) is 12.3. The minimum absolute atomic E-state index is 0.0242. The van der Waals surface area contributed by atoms with E-state index in [1.165, 1.54) is 11.9 Å². The Morgan fingerprint density at radius 1 is 0.949 bits per heavy atom. The summed E-state index contributed by atoms with van der Waals surface area (Å²) in [5.41, 5.74) is 2.82. The Kier molecular flexibility index (Phi) is 10.4. The standard InChI is InChI=1S/C29H33Cl2N3O4S/c1-20(2)22-11-14-25(15-12-22)34(39(4,37)38)19-28(35)33(18-23-10-13-24(30)17-26(23)31)27(29(36)32-3)16-21-8-6-5-7-9-21/h5-15,17,20,27H,16,18-19H2,1-4H3,(H,32,36). The number of nitrogens with one attached hydrogen (secondary N) is 1. The van der Waals surface area contributed by atoms with Crippen molar-refractivity contribution in [1.29, 1.82) is 0 Å². The molecule has 10 heteroatoms. The number of carbonyl (C=O) groups is 2. The number of amides is 2. The molecule has 208 valence electrons. The molecular weight excluding hydrogens is 557 g/mol. The van der Waals surface area contributed by atoms with Crippen LogP contribution in [0.1, 0.15) is 36.5 Å². The Bertz CT molecular complexity index is 1400. The summed E-state index contributed by atoms with van der Waals surface area (Å²) >= 11 is 12.5. The summed E-state index contributed by atoms with van der Waals surface area (Å²) < 4.78 is 26.8. The number of sulfonamides is 1. The number of benzene rings is 3. The number of hydrogen-bond acceptors (Lipinski definition) is 4. The monoisotopic (exact) mass is 589 g/mol. The first-order chi connectivity index (χ1) is 18.4. The lowest BCUT2D eigenvalue weighted by molar-refractivity contribution is -0.139. The molecule has 1 atom stereocenters. The van der Waals surface area contributed by atoms with Gasteiger partial charge >= 0.3 is 0 Å². The molecule has 0 aliphatic heterocycles. The van der Waals surface area contributed by atoms with Gasteiger partial charge in [-0.2, -0.15) is 0 Å².